The summed E-state index contributed by atoms with van der Waals surface area (Å²) in [7, 11) is 1.66. The van der Waals surface area contributed by atoms with Crippen LogP contribution in [0.4, 0.5) is 0 Å². The average molecular weight is 324 g/mol. The summed E-state index contributed by atoms with van der Waals surface area (Å²) in [5.74, 6) is 0.806. The third-order valence-corrected chi connectivity index (χ3v) is 4.13. The molecule has 0 spiro atoms. The Morgan fingerprint density at radius 2 is 1.76 bits per heavy atom. The molecule has 112 valence electrons. The lowest BCUT2D eigenvalue weighted by Gasteiger charge is -2.17. The molecule has 21 heavy (non-hydrogen) atoms. The Bertz CT molecular complexity index is 601. The van der Waals surface area contributed by atoms with E-state index in [9.17, 15) is 0 Å². The lowest BCUT2D eigenvalue weighted by molar-refractivity contribution is 0.405. The maximum absolute atomic E-state index is 6.24. The minimum absolute atomic E-state index is 0.283. The van der Waals surface area contributed by atoms with E-state index in [1.165, 1.54) is 0 Å². The van der Waals surface area contributed by atoms with Crippen molar-refractivity contribution in [3.8, 4) is 5.75 Å². The van der Waals surface area contributed by atoms with Crippen LogP contribution in [0.5, 0.6) is 5.75 Å². The third-order valence-electron chi connectivity index (χ3n) is 3.41. The van der Waals surface area contributed by atoms with E-state index >= 15 is 0 Å². The van der Waals surface area contributed by atoms with Crippen molar-refractivity contribution in [2.45, 2.75) is 25.9 Å². The van der Waals surface area contributed by atoms with Crippen molar-refractivity contribution in [3.05, 3.63) is 63.6 Å². The van der Waals surface area contributed by atoms with Gasteiger partial charge in [0.05, 0.1) is 7.11 Å². The lowest BCUT2D eigenvalue weighted by Crippen LogP contribution is -2.28. The second kappa shape index (κ2) is 7.69. The molecular weight excluding hydrogens is 305 g/mol. The van der Waals surface area contributed by atoms with Gasteiger partial charge in [0, 0.05) is 28.2 Å². The standard InChI is InChI=1S/C17H19Cl2NO/c1-12(10-13-6-3-4-7-15(13)18)20-11-14-16(19)8-5-9-17(14)21-2/h3-9,12,20H,10-11H2,1-2H3. The minimum Gasteiger partial charge on any atom is -0.496 e. The number of benzene rings is 2. The highest BCUT2D eigenvalue weighted by atomic mass is 35.5. The average Bonchev–Trinajstić information content (AvgIpc) is 2.48. The number of rotatable bonds is 6. The Hall–Kier alpha value is -1.22. The zero-order valence-corrected chi connectivity index (χ0v) is 13.7. The number of methoxy groups -OCH3 is 1. The smallest absolute Gasteiger partial charge is 0.124 e. The van der Waals surface area contributed by atoms with Crippen LogP contribution < -0.4 is 10.1 Å². The van der Waals surface area contributed by atoms with Crippen LogP contribution in [0.25, 0.3) is 0 Å². The fourth-order valence-corrected chi connectivity index (χ4v) is 2.69. The molecule has 1 N–H and O–H groups in total. The zero-order chi connectivity index (χ0) is 15.2. The first-order valence-corrected chi connectivity index (χ1v) is 7.65. The predicted octanol–water partition coefficient (Wildman–Crippen LogP) is 4.72. The second-order valence-corrected chi connectivity index (χ2v) is 5.81. The minimum atomic E-state index is 0.283. The first-order chi connectivity index (χ1) is 10.1. The van der Waals surface area contributed by atoms with Gasteiger partial charge < -0.3 is 10.1 Å². The van der Waals surface area contributed by atoms with Gasteiger partial charge >= 0.3 is 0 Å². The van der Waals surface area contributed by atoms with Gasteiger partial charge in [0.15, 0.2) is 0 Å². The Morgan fingerprint density at radius 3 is 2.48 bits per heavy atom. The molecule has 0 bridgehead atoms. The monoisotopic (exact) mass is 323 g/mol. The van der Waals surface area contributed by atoms with Crippen molar-refractivity contribution in [1.82, 2.24) is 5.32 Å². The molecule has 0 radical (unpaired) electrons. The van der Waals surface area contributed by atoms with Crippen molar-refractivity contribution >= 4 is 23.2 Å². The molecule has 0 aliphatic heterocycles. The normalized spacial score (nSPS) is 12.2. The van der Waals surface area contributed by atoms with Gasteiger partial charge in [0.1, 0.15) is 5.75 Å². The Kier molecular flexibility index (Phi) is 5.92. The van der Waals surface area contributed by atoms with E-state index in [1.54, 1.807) is 7.11 Å². The van der Waals surface area contributed by atoms with Gasteiger partial charge in [-0.25, -0.2) is 0 Å². The molecule has 0 saturated heterocycles. The van der Waals surface area contributed by atoms with E-state index < -0.39 is 0 Å². The van der Waals surface area contributed by atoms with Gasteiger partial charge in [0.25, 0.3) is 0 Å². The van der Waals surface area contributed by atoms with E-state index in [1.807, 2.05) is 36.4 Å². The maximum atomic E-state index is 6.24. The van der Waals surface area contributed by atoms with Gasteiger partial charge in [-0.05, 0) is 37.1 Å². The molecule has 0 aliphatic carbocycles. The summed E-state index contributed by atoms with van der Waals surface area (Å²) in [6.45, 7) is 2.79. The fourth-order valence-electron chi connectivity index (χ4n) is 2.24. The Labute approximate surface area is 136 Å². The van der Waals surface area contributed by atoms with E-state index in [-0.39, 0.29) is 6.04 Å². The van der Waals surface area contributed by atoms with E-state index in [0.29, 0.717) is 11.6 Å². The summed E-state index contributed by atoms with van der Waals surface area (Å²) in [6.07, 6.45) is 0.868. The van der Waals surface area contributed by atoms with E-state index in [0.717, 1.165) is 28.3 Å². The quantitative estimate of drug-likeness (QED) is 0.830. The van der Waals surface area contributed by atoms with Crippen molar-refractivity contribution in [1.29, 1.82) is 0 Å². The van der Waals surface area contributed by atoms with Crippen LogP contribution in [0.2, 0.25) is 10.0 Å². The molecule has 0 saturated carbocycles. The molecule has 4 heteroatoms. The molecule has 2 aromatic carbocycles. The summed E-state index contributed by atoms with van der Waals surface area (Å²) in [4.78, 5) is 0. The summed E-state index contributed by atoms with van der Waals surface area (Å²) in [5, 5.41) is 4.99. The summed E-state index contributed by atoms with van der Waals surface area (Å²) in [6, 6.07) is 13.9. The van der Waals surface area contributed by atoms with Gasteiger partial charge in [-0.15, -0.1) is 0 Å². The highest BCUT2D eigenvalue weighted by Crippen LogP contribution is 2.26. The fraction of sp³-hybridized carbons (Fsp3) is 0.294. The molecule has 2 nitrogen and oxygen atoms in total. The molecule has 0 heterocycles. The molecule has 0 fully saturated rings. The maximum Gasteiger partial charge on any atom is 0.124 e. The molecule has 2 aromatic rings. The van der Waals surface area contributed by atoms with Crippen LogP contribution in [0.15, 0.2) is 42.5 Å². The predicted molar refractivity (Wildman–Crippen MR) is 89.5 cm³/mol. The SMILES string of the molecule is COc1cccc(Cl)c1CNC(C)Cc1ccccc1Cl. The highest BCUT2D eigenvalue weighted by Gasteiger charge is 2.10. The first kappa shape index (κ1) is 16.2. The molecule has 2 rings (SSSR count). The number of hydrogen-bond donors (Lipinski definition) is 1. The van der Waals surface area contributed by atoms with Crippen molar-refractivity contribution in [3.63, 3.8) is 0 Å². The topological polar surface area (TPSA) is 21.3 Å². The van der Waals surface area contributed by atoms with Crippen LogP contribution in [-0.2, 0) is 13.0 Å². The Morgan fingerprint density at radius 1 is 1.05 bits per heavy atom. The molecule has 1 atom stereocenters. The number of halogens is 2. The summed E-state index contributed by atoms with van der Waals surface area (Å²) in [5.41, 5.74) is 2.12. The molecular formula is C17H19Cl2NO. The number of hydrogen-bond acceptors (Lipinski definition) is 2. The van der Waals surface area contributed by atoms with Gasteiger partial charge in [-0.3, -0.25) is 0 Å². The number of ether oxygens (including phenoxy) is 1. The number of nitrogens with one attached hydrogen (secondary N) is 1. The zero-order valence-electron chi connectivity index (χ0n) is 12.2. The van der Waals surface area contributed by atoms with Crippen LogP contribution in [0.3, 0.4) is 0 Å². The third kappa shape index (κ3) is 4.37. The molecule has 0 aromatic heterocycles. The Balaban J connectivity index is 1.99. The van der Waals surface area contributed by atoms with Crippen molar-refractivity contribution < 1.29 is 4.74 Å². The van der Waals surface area contributed by atoms with E-state index in [2.05, 4.69) is 18.3 Å². The van der Waals surface area contributed by atoms with E-state index in [4.69, 9.17) is 27.9 Å². The van der Waals surface area contributed by atoms with Crippen LogP contribution >= 0.6 is 23.2 Å². The van der Waals surface area contributed by atoms with Crippen molar-refractivity contribution in [2.24, 2.45) is 0 Å². The summed E-state index contributed by atoms with van der Waals surface area (Å²) >= 11 is 12.4. The van der Waals surface area contributed by atoms with Crippen LogP contribution in [0, 0.1) is 0 Å². The van der Waals surface area contributed by atoms with Crippen LogP contribution in [0.1, 0.15) is 18.1 Å². The van der Waals surface area contributed by atoms with Crippen LogP contribution in [-0.4, -0.2) is 13.2 Å². The lowest BCUT2D eigenvalue weighted by atomic mass is 10.1. The van der Waals surface area contributed by atoms with Gasteiger partial charge in [-0.2, -0.15) is 0 Å². The van der Waals surface area contributed by atoms with Gasteiger partial charge in [0.2, 0.25) is 0 Å². The second-order valence-electron chi connectivity index (χ2n) is 5.00. The van der Waals surface area contributed by atoms with Gasteiger partial charge in [-0.1, -0.05) is 47.5 Å². The summed E-state index contributed by atoms with van der Waals surface area (Å²) < 4.78 is 5.35. The highest BCUT2D eigenvalue weighted by molar-refractivity contribution is 6.31. The first-order valence-electron chi connectivity index (χ1n) is 6.90. The molecule has 1 unspecified atom stereocenters. The molecule has 0 aliphatic rings. The van der Waals surface area contributed by atoms with Crippen molar-refractivity contribution in [2.75, 3.05) is 7.11 Å². The molecule has 0 amide bonds. The largest absolute Gasteiger partial charge is 0.496 e.